The standard InChI is InChI=1S/C27H31F4NO/c1-2-3-4-5-19-6-9-21(10-7-19)22-12-13-24(26(29)15-22)18-33-27(30,31)16-20-8-11-23(17-32)25(28)14-20/h8,11-15,19,21H,2-7,9-10,16,18H2,1H3. The third kappa shape index (κ3) is 7.30. The molecule has 1 aliphatic rings. The Balaban J connectivity index is 1.53. The van der Waals surface area contributed by atoms with Gasteiger partial charge in [0.05, 0.1) is 18.6 Å². The minimum absolute atomic E-state index is 0.00221. The minimum Gasteiger partial charge on any atom is -0.315 e. The van der Waals surface area contributed by atoms with Crippen LogP contribution in [0, 0.1) is 28.9 Å². The molecule has 0 saturated heterocycles. The van der Waals surface area contributed by atoms with Gasteiger partial charge >= 0.3 is 6.11 Å². The van der Waals surface area contributed by atoms with Crippen molar-refractivity contribution in [3.8, 4) is 6.07 Å². The molecule has 2 aromatic rings. The van der Waals surface area contributed by atoms with Crippen LogP contribution in [0.4, 0.5) is 17.6 Å². The smallest absolute Gasteiger partial charge is 0.315 e. The molecular formula is C27H31F4NO. The van der Waals surface area contributed by atoms with Gasteiger partial charge in [-0.3, -0.25) is 0 Å². The van der Waals surface area contributed by atoms with Crippen LogP contribution < -0.4 is 0 Å². The van der Waals surface area contributed by atoms with Crippen molar-refractivity contribution in [1.82, 2.24) is 0 Å². The Kier molecular flexibility index (Phi) is 8.91. The maximum Gasteiger partial charge on any atom is 0.360 e. The van der Waals surface area contributed by atoms with Crippen LogP contribution in [0.25, 0.3) is 0 Å². The predicted octanol–water partition coefficient (Wildman–Crippen LogP) is 8.04. The third-order valence-electron chi connectivity index (χ3n) is 6.61. The van der Waals surface area contributed by atoms with E-state index in [1.807, 2.05) is 6.07 Å². The number of alkyl halides is 2. The predicted molar refractivity (Wildman–Crippen MR) is 120 cm³/mol. The van der Waals surface area contributed by atoms with Crippen molar-refractivity contribution in [3.05, 3.63) is 70.3 Å². The van der Waals surface area contributed by atoms with Gasteiger partial charge in [0.2, 0.25) is 0 Å². The highest BCUT2D eigenvalue weighted by Gasteiger charge is 2.31. The molecule has 0 heterocycles. The first-order chi connectivity index (χ1) is 15.8. The fourth-order valence-electron chi connectivity index (χ4n) is 4.63. The summed E-state index contributed by atoms with van der Waals surface area (Å²) in [5.74, 6) is -0.332. The Morgan fingerprint density at radius 1 is 1.00 bits per heavy atom. The van der Waals surface area contributed by atoms with Crippen LogP contribution in [0.15, 0.2) is 36.4 Å². The highest BCUT2D eigenvalue weighted by atomic mass is 19.3. The second-order valence-electron chi connectivity index (χ2n) is 9.09. The highest BCUT2D eigenvalue weighted by molar-refractivity contribution is 5.33. The zero-order valence-corrected chi connectivity index (χ0v) is 19.1. The van der Waals surface area contributed by atoms with Crippen molar-refractivity contribution in [1.29, 1.82) is 5.26 Å². The molecule has 0 aliphatic heterocycles. The first-order valence-corrected chi connectivity index (χ1v) is 11.8. The second-order valence-corrected chi connectivity index (χ2v) is 9.09. The molecule has 1 aliphatic carbocycles. The van der Waals surface area contributed by atoms with Gasteiger partial charge in [0, 0.05) is 5.56 Å². The first kappa shape index (κ1) is 25.2. The number of hydrogen-bond acceptors (Lipinski definition) is 2. The number of nitrogens with zero attached hydrogens (tertiary/aromatic N) is 1. The Hall–Kier alpha value is -2.39. The molecule has 33 heavy (non-hydrogen) atoms. The summed E-state index contributed by atoms with van der Waals surface area (Å²) in [7, 11) is 0. The Bertz CT molecular complexity index is 961. The molecule has 3 rings (SSSR count). The molecule has 0 spiro atoms. The molecule has 0 aromatic heterocycles. The van der Waals surface area contributed by atoms with E-state index in [9.17, 15) is 17.6 Å². The highest BCUT2D eigenvalue weighted by Crippen LogP contribution is 2.38. The zero-order valence-electron chi connectivity index (χ0n) is 19.1. The number of benzene rings is 2. The number of unbranched alkanes of at least 4 members (excludes halogenated alkanes) is 2. The molecular weight excluding hydrogens is 430 g/mol. The molecule has 1 saturated carbocycles. The van der Waals surface area contributed by atoms with Gasteiger partial charge in [-0.15, -0.1) is 0 Å². The van der Waals surface area contributed by atoms with E-state index in [1.54, 1.807) is 6.07 Å². The monoisotopic (exact) mass is 461 g/mol. The van der Waals surface area contributed by atoms with Gasteiger partial charge in [-0.05, 0) is 66.8 Å². The lowest BCUT2D eigenvalue weighted by atomic mass is 9.77. The summed E-state index contributed by atoms with van der Waals surface area (Å²) in [6.45, 7) is 1.62. The summed E-state index contributed by atoms with van der Waals surface area (Å²) in [5, 5.41) is 8.73. The van der Waals surface area contributed by atoms with E-state index in [4.69, 9.17) is 5.26 Å². The molecule has 1 fully saturated rings. The summed E-state index contributed by atoms with van der Waals surface area (Å²) in [6, 6.07) is 9.74. The fourth-order valence-corrected chi connectivity index (χ4v) is 4.63. The van der Waals surface area contributed by atoms with Crippen LogP contribution in [0.5, 0.6) is 0 Å². The van der Waals surface area contributed by atoms with E-state index in [2.05, 4.69) is 11.7 Å². The van der Waals surface area contributed by atoms with E-state index in [-0.39, 0.29) is 16.7 Å². The largest absolute Gasteiger partial charge is 0.360 e. The molecule has 6 heteroatoms. The molecule has 0 N–H and O–H groups in total. The third-order valence-corrected chi connectivity index (χ3v) is 6.61. The van der Waals surface area contributed by atoms with Crippen molar-refractivity contribution >= 4 is 0 Å². The summed E-state index contributed by atoms with van der Waals surface area (Å²) in [6.07, 6.45) is 4.97. The zero-order chi connectivity index (χ0) is 23.8. The summed E-state index contributed by atoms with van der Waals surface area (Å²) < 4.78 is 61.4. The lowest BCUT2D eigenvalue weighted by molar-refractivity contribution is -0.244. The molecule has 2 nitrogen and oxygen atoms in total. The number of hydrogen-bond donors (Lipinski definition) is 0. The van der Waals surface area contributed by atoms with Gasteiger partial charge in [-0.25, -0.2) is 8.78 Å². The van der Waals surface area contributed by atoms with Crippen LogP contribution in [-0.4, -0.2) is 6.11 Å². The van der Waals surface area contributed by atoms with Crippen molar-refractivity contribution < 1.29 is 22.3 Å². The average molecular weight is 462 g/mol. The molecule has 0 radical (unpaired) electrons. The topological polar surface area (TPSA) is 33.0 Å². The van der Waals surface area contributed by atoms with E-state index < -0.39 is 30.8 Å². The van der Waals surface area contributed by atoms with Crippen molar-refractivity contribution in [2.24, 2.45) is 5.92 Å². The lowest BCUT2D eigenvalue weighted by Crippen LogP contribution is -2.24. The maximum atomic E-state index is 14.6. The summed E-state index contributed by atoms with van der Waals surface area (Å²) >= 11 is 0. The van der Waals surface area contributed by atoms with Gasteiger partial charge in [0.25, 0.3) is 0 Å². The molecule has 0 amide bonds. The maximum absolute atomic E-state index is 14.6. The van der Waals surface area contributed by atoms with Gasteiger partial charge < -0.3 is 4.74 Å². The van der Waals surface area contributed by atoms with Crippen LogP contribution >= 0.6 is 0 Å². The molecule has 2 aromatic carbocycles. The average Bonchev–Trinajstić information content (AvgIpc) is 2.79. The van der Waals surface area contributed by atoms with Gasteiger partial charge in [-0.2, -0.15) is 14.0 Å². The van der Waals surface area contributed by atoms with Crippen LogP contribution in [0.3, 0.4) is 0 Å². The van der Waals surface area contributed by atoms with Crippen LogP contribution in [0.2, 0.25) is 0 Å². The van der Waals surface area contributed by atoms with Gasteiger partial charge in [0.15, 0.2) is 0 Å². The Morgan fingerprint density at radius 2 is 1.76 bits per heavy atom. The Labute approximate surface area is 193 Å². The fraction of sp³-hybridized carbons (Fsp3) is 0.519. The number of rotatable bonds is 10. The van der Waals surface area contributed by atoms with E-state index >= 15 is 0 Å². The number of nitriles is 1. The first-order valence-electron chi connectivity index (χ1n) is 11.8. The van der Waals surface area contributed by atoms with E-state index in [0.29, 0.717) is 5.92 Å². The van der Waals surface area contributed by atoms with E-state index in [1.165, 1.54) is 43.9 Å². The summed E-state index contributed by atoms with van der Waals surface area (Å²) in [5.41, 5.74) is 0.772. The normalized spacial score (nSPS) is 18.8. The van der Waals surface area contributed by atoms with Gasteiger partial charge in [-0.1, -0.05) is 50.8 Å². The van der Waals surface area contributed by atoms with Crippen molar-refractivity contribution in [2.75, 3.05) is 0 Å². The van der Waals surface area contributed by atoms with Crippen LogP contribution in [-0.2, 0) is 17.8 Å². The SMILES string of the molecule is CCCCCC1CCC(c2ccc(COC(F)(F)Cc3ccc(C#N)c(F)c3)c(F)c2)CC1. The summed E-state index contributed by atoms with van der Waals surface area (Å²) in [4.78, 5) is 0. The molecule has 178 valence electrons. The quantitative estimate of drug-likeness (QED) is 0.265. The lowest BCUT2D eigenvalue weighted by Gasteiger charge is -2.29. The van der Waals surface area contributed by atoms with Crippen molar-refractivity contribution in [2.45, 2.75) is 83.3 Å². The van der Waals surface area contributed by atoms with E-state index in [0.717, 1.165) is 49.3 Å². The minimum atomic E-state index is -3.60. The second kappa shape index (κ2) is 11.7. The van der Waals surface area contributed by atoms with Crippen LogP contribution in [0.1, 0.15) is 86.5 Å². The number of halogens is 4. The van der Waals surface area contributed by atoms with Crippen molar-refractivity contribution in [3.63, 3.8) is 0 Å². The number of ether oxygens (including phenoxy) is 1. The molecule has 0 unspecified atom stereocenters. The van der Waals surface area contributed by atoms with Gasteiger partial charge in [0.1, 0.15) is 17.7 Å². The molecule has 0 atom stereocenters. The Morgan fingerprint density at radius 3 is 2.39 bits per heavy atom. The molecule has 0 bridgehead atoms.